The SMILES string of the molecule is CC.CCCN(CCC=O)c1ccc(N(C)C2CCC(=O)NC2=O)c(N(C)C=O)c1. The molecule has 2 rings (SSSR count). The van der Waals surface area contributed by atoms with Gasteiger partial charge in [0.15, 0.2) is 0 Å². The highest BCUT2D eigenvalue weighted by Gasteiger charge is 2.31. The Balaban J connectivity index is 0.00000218. The number of hydrogen-bond donors (Lipinski definition) is 1. The van der Waals surface area contributed by atoms with Crippen LogP contribution in [-0.2, 0) is 19.2 Å². The molecule has 1 fully saturated rings. The fourth-order valence-corrected chi connectivity index (χ4v) is 3.41. The van der Waals surface area contributed by atoms with Crippen molar-refractivity contribution in [3.8, 4) is 0 Å². The van der Waals surface area contributed by atoms with Crippen LogP contribution in [-0.4, -0.2) is 57.7 Å². The molecule has 1 aliphatic heterocycles. The largest absolute Gasteiger partial charge is 0.371 e. The van der Waals surface area contributed by atoms with Crippen LogP contribution in [0.4, 0.5) is 17.1 Å². The highest BCUT2D eigenvalue weighted by molar-refractivity contribution is 6.02. The van der Waals surface area contributed by atoms with Crippen molar-refractivity contribution in [3.05, 3.63) is 18.2 Å². The minimum atomic E-state index is -0.482. The predicted octanol–water partition coefficient (Wildman–Crippen LogP) is 2.35. The summed E-state index contributed by atoms with van der Waals surface area (Å²) >= 11 is 0. The molecule has 3 amide bonds. The molecule has 1 heterocycles. The summed E-state index contributed by atoms with van der Waals surface area (Å²) < 4.78 is 0. The van der Waals surface area contributed by atoms with Crippen molar-refractivity contribution in [2.24, 2.45) is 0 Å². The van der Waals surface area contributed by atoms with Crippen LogP contribution in [0.15, 0.2) is 18.2 Å². The van der Waals surface area contributed by atoms with Crippen LogP contribution in [0.2, 0.25) is 0 Å². The molecule has 1 saturated heterocycles. The number of hydrogen-bond acceptors (Lipinski definition) is 6. The molecule has 166 valence electrons. The zero-order valence-corrected chi connectivity index (χ0v) is 18.7. The van der Waals surface area contributed by atoms with Crippen LogP contribution in [0.3, 0.4) is 0 Å². The number of aldehydes is 1. The molecule has 1 aromatic rings. The van der Waals surface area contributed by atoms with Gasteiger partial charge in [0, 0.05) is 45.7 Å². The maximum Gasteiger partial charge on any atom is 0.249 e. The number of nitrogens with one attached hydrogen (secondary N) is 1. The predicted molar refractivity (Wildman–Crippen MR) is 120 cm³/mol. The van der Waals surface area contributed by atoms with E-state index in [0.29, 0.717) is 25.1 Å². The van der Waals surface area contributed by atoms with Gasteiger partial charge in [0.1, 0.15) is 12.3 Å². The Kier molecular flexibility index (Phi) is 10.6. The van der Waals surface area contributed by atoms with Crippen LogP contribution >= 0.6 is 0 Å². The van der Waals surface area contributed by atoms with Gasteiger partial charge in [-0.15, -0.1) is 0 Å². The fraction of sp³-hybridized carbons (Fsp3) is 0.545. The molecule has 30 heavy (non-hydrogen) atoms. The molecule has 0 radical (unpaired) electrons. The Labute approximate surface area is 179 Å². The molecule has 1 aliphatic rings. The van der Waals surface area contributed by atoms with Gasteiger partial charge >= 0.3 is 0 Å². The quantitative estimate of drug-likeness (QED) is 0.463. The highest BCUT2D eigenvalue weighted by Crippen LogP contribution is 2.34. The van der Waals surface area contributed by atoms with Gasteiger partial charge in [0.2, 0.25) is 18.2 Å². The Morgan fingerprint density at radius 2 is 1.80 bits per heavy atom. The fourth-order valence-electron chi connectivity index (χ4n) is 3.41. The van der Waals surface area contributed by atoms with E-state index in [9.17, 15) is 19.2 Å². The topological polar surface area (TPSA) is 90.0 Å². The van der Waals surface area contributed by atoms with Crippen LogP contribution in [0.25, 0.3) is 0 Å². The summed E-state index contributed by atoms with van der Waals surface area (Å²) in [7, 11) is 3.44. The molecular weight excluding hydrogens is 384 g/mol. The van der Waals surface area contributed by atoms with E-state index in [1.54, 1.807) is 19.0 Å². The van der Waals surface area contributed by atoms with E-state index in [1.165, 1.54) is 4.90 Å². The van der Waals surface area contributed by atoms with E-state index in [2.05, 4.69) is 17.1 Å². The first-order chi connectivity index (χ1) is 14.4. The first-order valence-electron chi connectivity index (χ1n) is 10.5. The zero-order chi connectivity index (χ0) is 22.7. The third-order valence-electron chi connectivity index (χ3n) is 4.93. The number of rotatable bonds is 10. The van der Waals surface area contributed by atoms with Crippen LogP contribution in [0, 0.1) is 0 Å². The second-order valence-electron chi connectivity index (χ2n) is 6.91. The van der Waals surface area contributed by atoms with E-state index in [-0.39, 0.29) is 18.2 Å². The minimum absolute atomic E-state index is 0.263. The van der Waals surface area contributed by atoms with Gasteiger partial charge in [-0.3, -0.25) is 19.7 Å². The Bertz CT molecular complexity index is 738. The van der Waals surface area contributed by atoms with Gasteiger partial charge in [-0.25, -0.2) is 0 Å². The Morgan fingerprint density at radius 3 is 2.37 bits per heavy atom. The third kappa shape index (κ3) is 6.30. The molecule has 8 nitrogen and oxygen atoms in total. The summed E-state index contributed by atoms with van der Waals surface area (Å²) in [4.78, 5) is 51.3. The summed E-state index contributed by atoms with van der Waals surface area (Å²) in [5.74, 6) is -0.596. The molecule has 1 N–H and O–H groups in total. The number of benzene rings is 1. The third-order valence-corrected chi connectivity index (χ3v) is 4.93. The first kappa shape index (κ1) is 25.1. The lowest BCUT2D eigenvalue weighted by Gasteiger charge is -2.34. The average molecular weight is 419 g/mol. The van der Waals surface area contributed by atoms with Crippen molar-refractivity contribution >= 4 is 41.6 Å². The van der Waals surface area contributed by atoms with Crippen LogP contribution in [0.1, 0.15) is 46.5 Å². The van der Waals surface area contributed by atoms with Crippen LogP contribution < -0.4 is 20.0 Å². The lowest BCUT2D eigenvalue weighted by molar-refractivity contribution is -0.134. The first-order valence-corrected chi connectivity index (χ1v) is 10.5. The maximum absolute atomic E-state index is 12.3. The molecule has 0 spiro atoms. The average Bonchev–Trinajstić information content (AvgIpc) is 2.76. The lowest BCUT2D eigenvalue weighted by atomic mass is 10.0. The molecule has 8 heteroatoms. The second-order valence-corrected chi connectivity index (χ2v) is 6.91. The number of piperidine rings is 1. The number of carbonyl (C=O) groups is 4. The number of amides is 3. The van der Waals surface area contributed by atoms with E-state index in [0.717, 1.165) is 37.0 Å². The molecule has 0 aromatic heterocycles. The van der Waals surface area contributed by atoms with E-state index >= 15 is 0 Å². The van der Waals surface area contributed by atoms with Crippen molar-refractivity contribution in [2.75, 3.05) is 41.9 Å². The standard InChI is InChI=1S/C20H28N4O4.C2H6/c1-4-10-24(11-5-12-25)15-6-7-16(18(13-15)22(2)14-26)23(3)17-8-9-19(27)21-20(17)28;1-2/h6-7,12-14,17H,4-5,8-11H2,1-3H3,(H,21,27,28);1-2H3. The summed E-state index contributed by atoms with van der Waals surface area (Å²) in [6.45, 7) is 7.46. The number of likely N-dealkylation sites (N-methyl/N-ethyl adjacent to an activating group) is 1. The van der Waals surface area contributed by atoms with Gasteiger partial charge in [-0.2, -0.15) is 0 Å². The minimum Gasteiger partial charge on any atom is -0.371 e. The smallest absolute Gasteiger partial charge is 0.249 e. The van der Waals surface area contributed by atoms with E-state index in [1.807, 2.05) is 32.0 Å². The summed E-state index contributed by atoms with van der Waals surface area (Å²) in [6.07, 6.45) is 3.68. The van der Waals surface area contributed by atoms with Crippen molar-refractivity contribution in [1.82, 2.24) is 5.32 Å². The normalized spacial score (nSPS) is 15.4. The van der Waals surface area contributed by atoms with E-state index < -0.39 is 6.04 Å². The molecule has 1 aromatic carbocycles. The van der Waals surface area contributed by atoms with Crippen molar-refractivity contribution in [3.63, 3.8) is 0 Å². The molecule has 0 saturated carbocycles. The summed E-state index contributed by atoms with van der Waals surface area (Å²) in [5, 5.41) is 2.37. The maximum atomic E-state index is 12.3. The van der Waals surface area contributed by atoms with Gasteiger partial charge in [-0.1, -0.05) is 20.8 Å². The Morgan fingerprint density at radius 1 is 1.10 bits per heavy atom. The Hall–Kier alpha value is -2.90. The van der Waals surface area contributed by atoms with E-state index in [4.69, 9.17) is 0 Å². The van der Waals surface area contributed by atoms with Gasteiger partial charge in [0.05, 0.1) is 11.4 Å². The number of imide groups is 1. The van der Waals surface area contributed by atoms with Gasteiger partial charge in [0.25, 0.3) is 0 Å². The van der Waals surface area contributed by atoms with Gasteiger partial charge in [-0.05, 0) is 31.0 Å². The van der Waals surface area contributed by atoms with Crippen LogP contribution in [0.5, 0.6) is 0 Å². The summed E-state index contributed by atoms with van der Waals surface area (Å²) in [6, 6.07) is 5.22. The monoisotopic (exact) mass is 418 g/mol. The lowest BCUT2D eigenvalue weighted by Crippen LogP contribution is -2.51. The molecule has 1 unspecified atom stereocenters. The molecular formula is C22H34N4O4. The summed E-state index contributed by atoms with van der Waals surface area (Å²) in [5.41, 5.74) is 2.29. The molecule has 0 bridgehead atoms. The van der Waals surface area contributed by atoms with Crippen molar-refractivity contribution < 1.29 is 19.2 Å². The molecule has 1 atom stereocenters. The van der Waals surface area contributed by atoms with Crippen molar-refractivity contribution in [1.29, 1.82) is 0 Å². The number of anilines is 3. The zero-order valence-electron chi connectivity index (χ0n) is 18.7. The number of nitrogens with zero attached hydrogens (tertiary/aromatic N) is 3. The van der Waals surface area contributed by atoms with Crippen molar-refractivity contribution in [2.45, 2.75) is 52.5 Å². The highest BCUT2D eigenvalue weighted by atomic mass is 16.2. The number of carbonyl (C=O) groups excluding carboxylic acids is 4. The van der Waals surface area contributed by atoms with Gasteiger partial charge < -0.3 is 19.5 Å². The second kappa shape index (κ2) is 12.6. The molecule has 0 aliphatic carbocycles.